The molecule has 0 aliphatic carbocycles. The quantitative estimate of drug-likeness (QED) is 0.386. The van der Waals surface area contributed by atoms with Crippen molar-refractivity contribution in [3.8, 4) is 6.19 Å². The molecule has 0 radical (unpaired) electrons. The molecule has 0 saturated carbocycles. The zero-order valence-corrected chi connectivity index (χ0v) is 15.3. The van der Waals surface area contributed by atoms with Gasteiger partial charge in [-0.05, 0) is 42.3 Å². The summed E-state index contributed by atoms with van der Waals surface area (Å²) in [6.45, 7) is 1.83. The first kappa shape index (κ1) is 18.4. The van der Waals surface area contributed by atoms with Gasteiger partial charge < -0.3 is 9.88 Å². The molecule has 0 unspecified atom stereocenters. The molecule has 0 aliphatic heterocycles. The fourth-order valence-corrected chi connectivity index (χ4v) is 3.04. The van der Waals surface area contributed by atoms with E-state index < -0.39 is 5.91 Å². The van der Waals surface area contributed by atoms with Gasteiger partial charge in [-0.25, -0.2) is 0 Å². The minimum Gasteiger partial charge on any atom is -0.361 e. The SMILES string of the molecule is CN(CCc1c[nH]c2ccccc12)Cc1ccc(/C=C/C(=O)NC#N)cc1. The number of fused-ring (bicyclic) bond motifs is 1. The van der Waals surface area contributed by atoms with E-state index in [1.54, 1.807) is 12.3 Å². The third-order valence-electron chi connectivity index (χ3n) is 4.48. The highest BCUT2D eigenvalue weighted by atomic mass is 16.1. The molecule has 1 aromatic heterocycles. The molecule has 5 heteroatoms. The van der Waals surface area contributed by atoms with Crippen molar-refractivity contribution in [1.29, 1.82) is 5.26 Å². The number of amides is 1. The smallest absolute Gasteiger partial charge is 0.256 e. The Morgan fingerprint density at radius 1 is 1.22 bits per heavy atom. The summed E-state index contributed by atoms with van der Waals surface area (Å²) in [6, 6.07) is 16.4. The number of likely N-dealkylation sites (N-methyl/N-ethyl adjacent to an activating group) is 1. The molecule has 1 heterocycles. The number of rotatable bonds is 7. The van der Waals surface area contributed by atoms with Crippen LogP contribution >= 0.6 is 0 Å². The summed E-state index contributed by atoms with van der Waals surface area (Å²) in [4.78, 5) is 16.9. The van der Waals surface area contributed by atoms with Crippen LogP contribution in [0.25, 0.3) is 17.0 Å². The van der Waals surface area contributed by atoms with Crippen LogP contribution in [0.3, 0.4) is 0 Å². The Balaban J connectivity index is 1.52. The zero-order valence-electron chi connectivity index (χ0n) is 15.3. The van der Waals surface area contributed by atoms with Gasteiger partial charge in [-0.15, -0.1) is 0 Å². The second kappa shape index (κ2) is 8.84. The zero-order chi connectivity index (χ0) is 19.1. The molecule has 136 valence electrons. The molecule has 3 rings (SSSR count). The summed E-state index contributed by atoms with van der Waals surface area (Å²) in [6.07, 6.45) is 7.75. The third kappa shape index (κ3) is 5.06. The molecule has 0 aliphatic rings. The number of hydrogen-bond donors (Lipinski definition) is 2. The van der Waals surface area contributed by atoms with Crippen LogP contribution in [-0.2, 0) is 17.8 Å². The van der Waals surface area contributed by atoms with Crippen LogP contribution in [0.5, 0.6) is 0 Å². The number of nitrogens with zero attached hydrogens (tertiary/aromatic N) is 2. The minimum atomic E-state index is -0.418. The first-order valence-electron chi connectivity index (χ1n) is 8.85. The molecule has 2 N–H and O–H groups in total. The predicted molar refractivity (Wildman–Crippen MR) is 108 cm³/mol. The van der Waals surface area contributed by atoms with E-state index in [-0.39, 0.29) is 0 Å². The van der Waals surface area contributed by atoms with E-state index in [2.05, 4.69) is 58.8 Å². The summed E-state index contributed by atoms with van der Waals surface area (Å²) in [5.41, 5.74) is 4.67. The molecule has 5 nitrogen and oxygen atoms in total. The van der Waals surface area contributed by atoms with Gasteiger partial charge in [-0.3, -0.25) is 10.1 Å². The monoisotopic (exact) mass is 358 g/mol. The fourth-order valence-electron chi connectivity index (χ4n) is 3.04. The molecule has 0 atom stereocenters. The first-order chi connectivity index (χ1) is 13.2. The number of H-pyrrole nitrogens is 1. The molecule has 27 heavy (non-hydrogen) atoms. The molecule has 2 aromatic carbocycles. The maximum absolute atomic E-state index is 11.3. The standard InChI is InChI=1S/C22H22N4O/c1-26(13-12-19-14-24-21-5-3-2-4-20(19)21)15-18-8-6-17(7-9-18)10-11-22(27)25-16-23/h2-11,14,24H,12-13,15H2,1H3,(H,25,27)/b11-10+. The van der Waals surface area contributed by atoms with Gasteiger partial charge >= 0.3 is 0 Å². The van der Waals surface area contributed by atoms with E-state index in [9.17, 15) is 4.79 Å². The molecular weight excluding hydrogens is 336 g/mol. The van der Waals surface area contributed by atoms with Gasteiger partial charge in [0.25, 0.3) is 5.91 Å². The lowest BCUT2D eigenvalue weighted by molar-refractivity contribution is -0.115. The van der Waals surface area contributed by atoms with Gasteiger partial charge in [-0.2, -0.15) is 5.26 Å². The Bertz CT molecular complexity index is 979. The summed E-state index contributed by atoms with van der Waals surface area (Å²) in [5, 5.41) is 11.7. The van der Waals surface area contributed by atoms with Crippen LogP contribution in [0.15, 0.2) is 60.8 Å². The van der Waals surface area contributed by atoms with E-state index in [1.165, 1.54) is 28.1 Å². The number of aromatic amines is 1. The Kier molecular flexibility index (Phi) is 6.03. The molecule has 0 spiro atoms. The van der Waals surface area contributed by atoms with Gasteiger partial charge in [0.05, 0.1) is 0 Å². The number of hydrogen-bond acceptors (Lipinski definition) is 3. The summed E-state index contributed by atoms with van der Waals surface area (Å²) >= 11 is 0. The number of nitrogens with one attached hydrogen (secondary N) is 2. The van der Waals surface area contributed by atoms with Crippen LogP contribution in [0.2, 0.25) is 0 Å². The van der Waals surface area contributed by atoms with Crippen molar-refractivity contribution < 1.29 is 4.79 Å². The molecule has 0 saturated heterocycles. The highest BCUT2D eigenvalue weighted by Gasteiger charge is 2.05. The third-order valence-corrected chi connectivity index (χ3v) is 4.48. The summed E-state index contributed by atoms with van der Waals surface area (Å²) in [5.74, 6) is -0.418. The van der Waals surface area contributed by atoms with E-state index in [0.29, 0.717) is 0 Å². The van der Waals surface area contributed by atoms with E-state index in [4.69, 9.17) is 5.26 Å². The lowest BCUT2D eigenvalue weighted by Crippen LogP contribution is -2.20. The number of nitriles is 1. The van der Waals surface area contributed by atoms with Gasteiger partial charge in [0.2, 0.25) is 0 Å². The summed E-state index contributed by atoms with van der Waals surface area (Å²) < 4.78 is 0. The number of carbonyl (C=O) groups excluding carboxylic acids is 1. The van der Waals surface area contributed by atoms with Crippen molar-refractivity contribution in [3.63, 3.8) is 0 Å². The van der Waals surface area contributed by atoms with Crippen molar-refractivity contribution in [1.82, 2.24) is 15.2 Å². The normalized spacial score (nSPS) is 11.1. The van der Waals surface area contributed by atoms with E-state index >= 15 is 0 Å². The minimum absolute atomic E-state index is 0.418. The topological polar surface area (TPSA) is 71.9 Å². The molecule has 3 aromatic rings. The van der Waals surface area contributed by atoms with Crippen LogP contribution in [0.1, 0.15) is 16.7 Å². The predicted octanol–water partition coefficient (Wildman–Crippen LogP) is 3.45. The van der Waals surface area contributed by atoms with Gasteiger partial charge in [-0.1, -0.05) is 42.5 Å². The van der Waals surface area contributed by atoms with E-state index in [0.717, 1.165) is 25.1 Å². The highest BCUT2D eigenvalue weighted by Crippen LogP contribution is 2.18. The number of para-hydroxylation sites is 1. The van der Waals surface area contributed by atoms with E-state index in [1.807, 2.05) is 18.2 Å². The first-order valence-corrected chi connectivity index (χ1v) is 8.85. The van der Waals surface area contributed by atoms with Crippen LogP contribution in [0, 0.1) is 11.5 Å². The van der Waals surface area contributed by atoms with Crippen molar-refractivity contribution in [3.05, 3.63) is 77.5 Å². The summed E-state index contributed by atoms with van der Waals surface area (Å²) in [7, 11) is 2.12. The highest BCUT2D eigenvalue weighted by molar-refractivity contribution is 5.92. The number of carbonyl (C=O) groups is 1. The lowest BCUT2D eigenvalue weighted by atomic mass is 10.1. The molecule has 0 fully saturated rings. The molecule has 1 amide bonds. The molecular formula is C22H22N4O. The average molecular weight is 358 g/mol. The van der Waals surface area contributed by atoms with Gasteiger partial charge in [0.15, 0.2) is 6.19 Å². The van der Waals surface area contributed by atoms with Gasteiger partial charge in [0, 0.05) is 36.3 Å². The second-order valence-corrected chi connectivity index (χ2v) is 6.52. The Labute approximate surface area is 158 Å². The second-order valence-electron chi connectivity index (χ2n) is 6.52. The maximum atomic E-state index is 11.3. The Morgan fingerprint density at radius 2 is 2.00 bits per heavy atom. The number of benzene rings is 2. The van der Waals surface area contributed by atoms with Crippen molar-refractivity contribution in [2.75, 3.05) is 13.6 Å². The van der Waals surface area contributed by atoms with Crippen molar-refractivity contribution in [2.24, 2.45) is 0 Å². The fraction of sp³-hybridized carbons (Fsp3) is 0.182. The van der Waals surface area contributed by atoms with Crippen LogP contribution in [0.4, 0.5) is 0 Å². The Hall–Kier alpha value is -3.36. The number of aromatic nitrogens is 1. The largest absolute Gasteiger partial charge is 0.361 e. The van der Waals surface area contributed by atoms with Crippen LogP contribution < -0.4 is 5.32 Å². The van der Waals surface area contributed by atoms with Crippen molar-refractivity contribution in [2.45, 2.75) is 13.0 Å². The van der Waals surface area contributed by atoms with Crippen molar-refractivity contribution >= 4 is 22.9 Å². The average Bonchev–Trinajstić information content (AvgIpc) is 3.09. The Morgan fingerprint density at radius 3 is 2.78 bits per heavy atom. The van der Waals surface area contributed by atoms with Gasteiger partial charge in [0.1, 0.15) is 0 Å². The van der Waals surface area contributed by atoms with Crippen LogP contribution in [-0.4, -0.2) is 29.4 Å². The maximum Gasteiger partial charge on any atom is 0.256 e. The molecule has 0 bridgehead atoms. The lowest BCUT2D eigenvalue weighted by Gasteiger charge is -2.16.